The number of likely N-dealkylation sites (tertiary alicyclic amines) is 1. The van der Waals surface area contributed by atoms with Crippen LogP contribution in [0.5, 0.6) is 11.9 Å². The van der Waals surface area contributed by atoms with Crippen molar-refractivity contribution in [3.05, 3.63) is 28.7 Å². The summed E-state index contributed by atoms with van der Waals surface area (Å²) >= 11 is 6.85. The third-order valence-electron chi connectivity index (χ3n) is 12.9. The van der Waals surface area contributed by atoms with Crippen LogP contribution in [0.1, 0.15) is 63.4 Å². The van der Waals surface area contributed by atoms with Gasteiger partial charge in [0.25, 0.3) is 0 Å². The van der Waals surface area contributed by atoms with Gasteiger partial charge in [-0.1, -0.05) is 11.6 Å². The molecule has 2 aliphatic carbocycles. The zero-order valence-electron chi connectivity index (χ0n) is 29.6. The fraction of sp³-hybridized carbons (Fsp3) is 0.622. The third kappa shape index (κ3) is 5.11. The summed E-state index contributed by atoms with van der Waals surface area (Å²) in [5.41, 5.74) is 6.88. The highest BCUT2D eigenvalue weighted by Crippen LogP contribution is 2.58. The van der Waals surface area contributed by atoms with Crippen molar-refractivity contribution in [2.75, 3.05) is 58.1 Å². The van der Waals surface area contributed by atoms with Crippen molar-refractivity contribution in [1.29, 1.82) is 0 Å². The van der Waals surface area contributed by atoms with Crippen LogP contribution >= 0.6 is 11.6 Å². The van der Waals surface area contributed by atoms with Gasteiger partial charge in [0.1, 0.15) is 41.3 Å². The first-order valence-electron chi connectivity index (χ1n) is 18.4. The largest absolute Gasteiger partial charge is 0.480 e. The van der Waals surface area contributed by atoms with E-state index < -0.39 is 23.8 Å². The number of nitrogens with zero attached hydrogens (tertiary/aromatic N) is 6. The summed E-state index contributed by atoms with van der Waals surface area (Å²) in [7, 11) is 1.44. The Balaban J connectivity index is 1.14. The molecule has 12 nitrogen and oxygen atoms in total. The van der Waals surface area contributed by atoms with E-state index in [1.54, 1.807) is 11.1 Å². The first kappa shape index (κ1) is 34.3. The molecular formula is C37H45ClF2N8O4. The summed E-state index contributed by atoms with van der Waals surface area (Å²) in [6, 6.07) is 2.23. The predicted molar refractivity (Wildman–Crippen MR) is 192 cm³/mol. The first-order chi connectivity index (χ1) is 25.0. The molecule has 0 bridgehead atoms. The molecule has 6 heterocycles. The van der Waals surface area contributed by atoms with Crippen LogP contribution < -0.4 is 20.1 Å². The smallest absolute Gasteiger partial charge is 0.319 e. The number of aromatic amines is 1. The van der Waals surface area contributed by atoms with Gasteiger partial charge in [0.05, 0.1) is 49.3 Å². The van der Waals surface area contributed by atoms with E-state index in [1.807, 2.05) is 13.0 Å². The Labute approximate surface area is 305 Å². The van der Waals surface area contributed by atoms with Gasteiger partial charge in [-0.15, -0.1) is 0 Å². The normalized spacial score (nSPS) is 29.0. The van der Waals surface area contributed by atoms with E-state index in [-0.39, 0.29) is 52.9 Å². The highest BCUT2D eigenvalue weighted by Gasteiger charge is 2.62. The maximum Gasteiger partial charge on any atom is 0.319 e. The van der Waals surface area contributed by atoms with Crippen molar-refractivity contribution >= 4 is 39.2 Å². The molecule has 0 amide bonds. The van der Waals surface area contributed by atoms with Gasteiger partial charge in [0.2, 0.25) is 5.88 Å². The number of H-pyrrole nitrogens is 1. The molecular weight excluding hydrogens is 694 g/mol. The number of anilines is 1. The molecule has 1 spiro atoms. The number of rotatable bonds is 8. The average molecular weight is 739 g/mol. The highest BCUT2D eigenvalue weighted by molar-refractivity contribution is 6.35. The number of halogens is 3. The van der Waals surface area contributed by atoms with E-state index in [1.165, 1.54) is 7.11 Å². The second-order valence-electron chi connectivity index (χ2n) is 16.1. The lowest BCUT2D eigenvalue weighted by Gasteiger charge is -2.63. The Morgan fingerprint density at radius 1 is 1.12 bits per heavy atom. The molecule has 5 aliphatic rings. The van der Waals surface area contributed by atoms with Crippen LogP contribution in [0.2, 0.25) is 5.02 Å². The standard InChI is InChI=1S/C37H45ClF2N8O4/c1-21-12-24-23(15-42-46-24)25(27(21)38)29-28(40)30-26(32(43-29)50-2)31(47-10-5-8-36(49,16-39)17-47)45-33(44-30)52-20-35-6-3-9-37(35,41)48(11-4-7-35)22-13-34(14-22)18-51-19-34/h12,15,22,49H,3-11,13-14,16-20,41H2,1-2H3,(H,42,46)/t35?,36-,37?/m0/s1. The lowest BCUT2D eigenvalue weighted by Crippen LogP contribution is -2.73. The Hall–Kier alpha value is -3.43. The molecule has 0 radical (unpaired) electrons. The van der Waals surface area contributed by atoms with Gasteiger partial charge in [-0.25, -0.2) is 13.8 Å². The molecule has 1 aromatic carbocycles. The topological polar surface area (TPSA) is 148 Å². The fourth-order valence-corrected chi connectivity index (χ4v) is 10.3. The highest BCUT2D eigenvalue weighted by atomic mass is 35.5. The summed E-state index contributed by atoms with van der Waals surface area (Å²) in [4.78, 5) is 18.5. The minimum Gasteiger partial charge on any atom is -0.480 e. The van der Waals surface area contributed by atoms with Gasteiger partial charge in [-0.2, -0.15) is 15.1 Å². The molecule has 3 aliphatic heterocycles. The Morgan fingerprint density at radius 2 is 1.90 bits per heavy atom. The number of ether oxygens (including phenoxy) is 3. The molecule has 52 heavy (non-hydrogen) atoms. The van der Waals surface area contributed by atoms with Crippen LogP contribution in [0.25, 0.3) is 33.1 Å². The van der Waals surface area contributed by atoms with Crippen molar-refractivity contribution in [3.63, 3.8) is 0 Å². The van der Waals surface area contributed by atoms with Gasteiger partial charge < -0.3 is 30.0 Å². The molecule has 15 heteroatoms. The zero-order valence-corrected chi connectivity index (χ0v) is 30.4. The lowest BCUT2D eigenvalue weighted by molar-refractivity contribution is -0.210. The molecule has 278 valence electrons. The fourth-order valence-electron chi connectivity index (χ4n) is 10.1. The molecule has 4 N–H and O–H groups in total. The molecule has 2 saturated carbocycles. The summed E-state index contributed by atoms with van der Waals surface area (Å²) < 4.78 is 49.3. The van der Waals surface area contributed by atoms with Crippen LogP contribution in [-0.4, -0.2) is 106 Å². The number of pyridine rings is 1. The van der Waals surface area contributed by atoms with Crippen LogP contribution in [0.4, 0.5) is 14.6 Å². The van der Waals surface area contributed by atoms with E-state index >= 15 is 4.39 Å². The number of methoxy groups -OCH3 is 1. The van der Waals surface area contributed by atoms with E-state index in [0.717, 1.165) is 64.7 Å². The number of aromatic nitrogens is 5. The number of alkyl halides is 1. The number of benzene rings is 1. The molecule has 2 unspecified atom stereocenters. The maximum absolute atomic E-state index is 17.2. The number of aliphatic hydroxyl groups is 1. The average Bonchev–Trinajstić information content (AvgIpc) is 3.71. The molecule has 3 saturated heterocycles. The minimum absolute atomic E-state index is 0.0336. The number of aryl methyl sites for hydroxylation is 1. The second-order valence-corrected chi connectivity index (χ2v) is 16.5. The molecule has 3 atom stereocenters. The summed E-state index contributed by atoms with van der Waals surface area (Å²) in [5.74, 6) is -0.433. The predicted octanol–water partition coefficient (Wildman–Crippen LogP) is 5.46. The first-order valence-corrected chi connectivity index (χ1v) is 18.8. The van der Waals surface area contributed by atoms with Crippen molar-refractivity contribution in [2.24, 2.45) is 16.6 Å². The van der Waals surface area contributed by atoms with Crippen molar-refractivity contribution in [1.82, 2.24) is 30.0 Å². The second kappa shape index (κ2) is 12.3. The van der Waals surface area contributed by atoms with E-state index in [4.69, 9.17) is 41.5 Å². The van der Waals surface area contributed by atoms with E-state index in [0.29, 0.717) is 57.9 Å². The molecule has 9 rings (SSSR count). The van der Waals surface area contributed by atoms with Crippen molar-refractivity contribution in [3.8, 4) is 23.1 Å². The molecule has 5 fully saturated rings. The summed E-state index contributed by atoms with van der Waals surface area (Å²) in [6.45, 7) is 4.18. The number of nitrogens with one attached hydrogen (secondary N) is 1. The van der Waals surface area contributed by atoms with Crippen molar-refractivity contribution in [2.45, 2.75) is 82.0 Å². The Kier molecular flexibility index (Phi) is 8.13. The summed E-state index contributed by atoms with van der Waals surface area (Å²) in [6.07, 6.45) is 9.24. The third-order valence-corrected chi connectivity index (χ3v) is 13.4. The van der Waals surface area contributed by atoms with Crippen molar-refractivity contribution < 1.29 is 28.1 Å². The molecule has 4 aromatic rings. The van der Waals surface area contributed by atoms with Crippen LogP contribution in [-0.2, 0) is 4.74 Å². The number of nitrogens with two attached hydrogens (primary N) is 1. The molecule has 3 aromatic heterocycles. The van der Waals surface area contributed by atoms with Gasteiger partial charge in [0.15, 0.2) is 5.82 Å². The van der Waals surface area contributed by atoms with Gasteiger partial charge in [-0.3, -0.25) is 10.00 Å². The van der Waals surface area contributed by atoms with Gasteiger partial charge in [-0.05, 0) is 76.3 Å². The SMILES string of the molecule is COc1nc(-c2c(Cl)c(C)cc3[nH]ncc23)c(F)c2nc(OCC34CCCN(C5CC6(COC6)C5)C3(N)CCC4)nc(N3CCC[C@](O)(CF)C3)c12. The minimum atomic E-state index is -1.59. The van der Waals surface area contributed by atoms with E-state index in [2.05, 4.69) is 20.1 Å². The van der Waals surface area contributed by atoms with Crippen LogP contribution in [0.3, 0.4) is 0 Å². The Morgan fingerprint density at radius 3 is 2.65 bits per heavy atom. The zero-order chi connectivity index (χ0) is 36.0. The number of β-amino-alcohol motifs (C(OH)–C–C–N with tert-alkyl or cyclic N) is 1. The van der Waals surface area contributed by atoms with E-state index in [9.17, 15) is 9.50 Å². The number of piperidine rings is 2. The van der Waals surface area contributed by atoms with Crippen LogP contribution in [0.15, 0.2) is 12.3 Å². The van der Waals surface area contributed by atoms with Gasteiger partial charge in [0, 0.05) is 40.9 Å². The number of hydrogen-bond donors (Lipinski definition) is 3. The lowest BCUT2D eigenvalue weighted by atomic mass is 9.61. The van der Waals surface area contributed by atoms with Gasteiger partial charge >= 0.3 is 6.01 Å². The number of hydrogen-bond acceptors (Lipinski definition) is 11. The number of fused-ring (bicyclic) bond motifs is 3. The van der Waals surface area contributed by atoms with Crippen LogP contribution in [0, 0.1) is 23.6 Å². The summed E-state index contributed by atoms with van der Waals surface area (Å²) in [5, 5.41) is 19.3. The maximum atomic E-state index is 17.2. The Bertz CT molecular complexity index is 2060. The monoisotopic (exact) mass is 738 g/mol. The quantitative estimate of drug-likeness (QED) is 0.212.